The molecule has 8 atom stereocenters. The number of hydrogen-bond donors (Lipinski definition) is 0. The summed E-state index contributed by atoms with van der Waals surface area (Å²) in [5, 5.41) is 0. The van der Waals surface area contributed by atoms with E-state index in [-0.39, 0.29) is 0 Å². The molecule has 0 radical (unpaired) electrons. The number of anilines is 2. The third kappa shape index (κ3) is 5.30. The molecule has 1 heterocycles. The average molecular weight is 549 g/mol. The highest BCUT2D eigenvalue weighted by molar-refractivity contribution is 5.56. The molecule has 2 nitrogen and oxygen atoms in total. The van der Waals surface area contributed by atoms with E-state index >= 15 is 0 Å². The zero-order valence-electron chi connectivity index (χ0n) is 25.6. The van der Waals surface area contributed by atoms with Gasteiger partial charge in [-0.15, -0.1) is 0 Å². The van der Waals surface area contributed by atoms with Gasteiger partial charge < -0.3 is 9.80 Å². The SMILES string of the molecule is Cc1ccccc1N1CCCN(c2ccccc2C)[C@H]2CC3CCCC[C@@H]3[C@H]2/C=C/C=C/[C@@H]2C3CCCC[C@@H]3CC21. The molecule has 0 saturated heterocycles. The summed E-state index contributed by atoms with van der Waals surface area (Å²) in [7, 11) is 0. The van der Waals surface area contributed by atoms with E-state index < -0.39 is 0 Å². The van der Waals surface area contributed by atoms with Crippen molar-refractivity contribution in [1.29, 1.82) is 0 Å². The van der Waals surface area contributed by atoms with Crippen molar-refractivity contribution in [3.8, 4) is 0 Å². The van der Waals surface area contributed by atoms with Gasteiger partial charge in [0.05, 0.1) is 0 Å². The van der Waals surface area contributed by atoms with E-state index in [4.69, 9.17) is 0 Å². The van der Waals surface area contributed by atoms with Crippen LogP contribution in [0.5, 0.6) is 0 Å². The maximum atomic E-state index is 2.88. The van der Waals surface area contributed by atoms with Crippen molar-refractivity contribution in [2.24, 2.45) is 35.5 Å². The van der Waals surface area contributed by atoms with E-state index in [9.17, 15) is 0 Å². The Bertz CT molecular complexity index is 1150. The Balaban J connectivity index is 1.28. The van der Waals surface area contributed by atoms with Gasteiger partial charge in [-0.2, -0.15) is 0 Å². The van der Waals surface area contributed by atoms with Gasteiger partial charge in [0.2, 0.25) is 0 Å². The summed E-state index contributed by atoms with van der Waals surface area (Å²) in [4.78, 5) is 5.76. The highest BCUT2D eigenvalue weighted by Gasteiger charge is 2.47. The predicted molar refractivity (Wildman–Crippen MR) is 175 cm³/mol. The fraction of sp³-hybridized carbons (Fsp3) is 0.590. The summed E-state index contributed by atoms with van der Waals surface area (Å²) in [6, 6.07) is 19.7. The number of rotatable bonds is 2. The molecule has 0 spiro atoms. The zero-order valence-corrected chi connectivity index (χ0v) is 25.6. The van der Waals surface area contributed by atoms with Gasteiger partial charge in [0.15, 0.2) is 0 Å². The lowest BCUT2D eigenvalue weighted by atomic mass is 9.77. The first-order valence-corrected chi connectivity index (χ1v) is 17.2. The standard InChI is InChI=1S/C39H52N2/c1-28-14-3-11-22-36(28)40-24-13-25-41(37-23-12-4-15-29(37)2)39-27-31-17-6-8-19-33(31)35(39)21-10-9-20-34-32-18-7-5-16-30(32)26-38(34)40/h3-4,9-12,14-15,20-23,30-35,38-39H,5-8,13,16-19,24-27H2,1-2H3/b20-9+,21-10+/t30-,31?,32?,33+,34-,35-,38?,39+/m1/s1. The third-order valence-corrected chi connectivity index (χ3v) is 12.1. The number of aryl methyl sites for hydroxylation is 2. The maximum absolute atomic E-state index is 2.88. The fourth-order valence-electron chi connectivity index (χ4n) is 10.3. The summed E-state index contributed by atoms with van der Waals surface area (Å²) in [5.74, 6) is 4.86. The topological polar surface area (TPSA) is 6.48 Å². The summed E-state index contributed by atoms with van der Waals surface area (Å²) < 4.78 is 0. The zero-order chi connectivity index (χ0) is 27.8. The second-order valence-electron chi connectivity index (χ2n) is 14.3. The molecule has 1 aliphatic heterocycles. The van der Waals surface area contributed by atoms with E-state index in [0.29, 0.717) is 23.9 Å². The summed E-state index contributed by atoms with van der Waals surface area (Å²) in [6.45, 7) is 6.96. The first-order valence-electron chi connectivity index (χ1n) is 17.2. The lowest BCUT2D eigenvalue weighted by Gasteiger charge is -2.39. The molecule has 4 aliphatic carbocycles. The second-order valence-corrected chi connectivity index (χ2v) is 14.3. The molecule has 0 aromatic heterocycles. The van der Waals surface area contributed by atoms with Crippen LogP contribution in [0.1, 0.15) is 81.8 Å². The van der Waals surface area contributed by atoms with E-state index in [1.807, 2.05) is 0 Å². The molecular weight excluding hydrogens is 496 g/mol. The Hall–Kier alpha value is -2.48. The van der Waals surface area contributed by atoms with Crippen molar-refractivity contribution in [3.63, 3.8) is 0 Å². The van der Waals surface area contributed by atoms with Crippen LogP contribution in [0.15, 0.2) is 72.8 Å². The number of benzene rings is 2. The predicted octanol–water partition coefficient (Wildman–Crippen LogP) is 9.52. The quantitative estimate of drug-likeness (QED) is 0.369. The van der Waals surface area contributed by atoms with Gasteiger partial charge in [-0.1, -0.05) is 99.2 Å². The number of fused-ring (bicyclic) bond motifs is 6. The monoisotopic (exact) mass is 548 g/mol. The minimum atomic E-state index is 0.615. The highest BCUT2D eigenvalue weighted by Crippen LogP contribution is 2.51. The molecule has 41 heavy (non-hydrogen) atoms. The molecule has 0 bridgehead atoms. The van der Waals surface area contributed by atoms with Gasteiger partial charge in [0.1, 0.15) is 0 Å². The smallest absolute Gasteiger partial charge is 0.0398 e. The summed E-state index contributed by atoms with van der Waals surface area (Å²) in [5.41, 5.74) is 5.83. The van der Waals surface area contributed by atoms with E-state index in [1.54, 1.807) is 0 Å². The van der Waals surface area contributed by atoms with E-state index in [2.05, 4.69) is 96.5 Å². The fourth-order valence-corrected chi connectivity index (χ4v) is 10.3. The average Bonchev–Trinajstić information content (AvgIpc) is 3.54. The summed E-state index contributed by atoms with van der Waals surface area (Å²) in [6.07, 6.45) is 25.7. The summed E-state index contributed by atoms with van der Waals surface area (Å²) >= 11 is 0. The highest BCUT2D eigenvalue weighted by atomic mass is 15.2. The van der Waals surface area contributed by atoms with Crippen molar-refractivity contribution < 1.29 is 0 Å². The molecule has 218 valence electrons. The van der Waals surface area contributed by atoms with Crippen molar-refractivity contribution in [2.75, 3.05) is 22.9 Å². The van der Waals surface area contributed by atoms with Crippen LogP contribution in [0.2, 0.25) is 0 Å². The van der Waals surface area contributed by atoms with Crippen LogP contribution in [-0.2, 0) is 0 Å². The van der Waals surface area contributed by atoms with Gasteiger partial charge >= 0.3 is 0 Å². The van der Waals surface area contributed by atoms with Gasteiger partial charge in [0.25, 0.3) is 0 Å². The lowest BCUT2D eigenvalue weighted by Crippen LogP contribution is -2.43. The van der Waals surface area contributed by atoms with E-state index in [0.717, 1.165) is 36.8 Å². The van der Waals surface area contributed by atoms with Gasteiger partial charge in [-0.3, -0.25) is 0 Å². The molecule has 2 aromatic rings. The molecule has 4 saturated carbocycles. The van der Waals surface area contributed by atoms with Crippen molar-refractivity contribution in [2.45, 2.75) is 96.6 Å². The van der Waals surface area contributed by atoms with Gasteiger partial charge in [-0.25, -0.2) is 0 Å². The molecule has 3 unspecified atom stereocenters. The number of para-hydroxylation sites is 2. The van der Waals surface area contributed by atoms with E-state index in [1.165, 1.54) is 93.1 Å². The third-order valence-electron chi connectivity index (χ3n) is 12.1. The molecule has 4 fully saturated rings. The van der Waals surface area contributed by atoms with Crippen LogP contribution in [0.3, 0.4) is 0 Å². The Labute approximate surface area is 249 Å². The second kappa shape index (κ2) is 12.0. The number of hydrogen-bond acceptors (Lipinski definition) is 2. The molecular formula is C39H52N2. The van der Waals surface area contributed by atoms with Crippen molar-refractivity contribution in [3.05, 3.63) is 84.0 Å². The molecule has 2 aromatic carbocycles. The van der Waals surface area contributed by atoms with Crippen LogP contribution >= 0.6 is 0 Å². The first kappa shape index (κ1) is 27.4. The lowest BCUT2D eigenvalue weighted by molar-refractivity contribution is 0.248. The molecule has 5 aliphatic rings. The van der Waals surface area contributed by atoms with Crippen LogP contribution in [0.25, 0.3) is 0 Å². The Kier molecular flexibility index (Phi) is 8.02. The van der Waals surface area contributed by atoms with Crippen LogP contribution in [0.4, 0.5) is 11.4 Å². The van der Waals surface area contributed by atoms with Crippen LogP contribution in [0, 0.1) is 49.4 Å². The molecule has 0 amide bonds. The number of allylic oxidation sites excluding steroid dienone is 2. The minimum Gasteiger partial charge on any atom is -0.368 e. The maximum Gasteiger partial charge on any atom is 0.0398 e. The van der Waals surface area contributed by atoms with Crippen molar-refractivity contribution in [1.82, 2.24) is 0 Å². The largest absolute Gasteiger partial charge is 0.368 e. The Morgan fingerprint density at radius 2 is 0.976 bits per heavy atom. The molecule has 7 rings (SSSR count). The van der Waals surface area contributed by atoms with Gasteiger partial charge in [0, 0.05) is 48.4 Å². The normalized spacial score (nSPS) is 37.0. The molecule has 2 heteroatoms. The first-order chi connectivity index (χ1) is 20.2. The minimum absolute atomic E-state index is 0.615. The van der Waals surface area contributed by atoms with Crippen LogP contribution in [-0.4, -0.2) is 25.2 Å². The Morgan fingerprint density at radius 3 is 1.44 bits per heavy atom. The Morgan fingerprint density at radius 1 is 0.537 bits per heavy atom. The van der Waals surface area contributed by atoms with Gasteiger partial charge in [-0.05, 0) is 92.9 Å². The number of nitrogens with zero attached hydrogens (tertiary/aromatic N) is 2. The van der Waals surface area contributed by atoms with Crippen molar-refractivity contribution >= 4 is 11.4 Å². The van der Waals surface area contributed by atoms with Crippen LogP contribution < -0.4 is 9.80 Å². The molecule has 0 N–H and O–H groups in total.